The summed E-state index contributed by atoms with van der Waals surface area (Å²) in [5, 5.41) is 19.3. The van der Waals surface area contributed by atoms with Crippen molar-refractivity contribution in [1.29, 1.82) is 0 Å². The monoisotopic (exact) mass is 197 g/mol. The molecular weight excluding hydrogens is 182 g/mol. The lowest BCUT2D eigenvalue weighted by molar-refractivity contribution is -0.122. The fourth-order valence-electron chi connectivity index (χ4n) is 0.986. The fourth-order valence-corrected chi connectivity index (χ4v) is 0.986. The Balaban J connectivity index is 0.000000500. The summed E-state index contributed by atoms with van der Waals surface area (Å²) in [6.07, 6.45) is -0.388. The Bertz CT molecular complexity index is 238. The van der Waals surface area contributed by atoms with Crippen LogP contribution >= 0.6 is 0 Å². The SMILES string of the molecule is CNC[C@H](O)c1ccccc1.O=CO. The van der Waals surface area contributed by atoms with Gasteiger partial charge in [0.2, 0.25) is 0 Å². The molecule has 1 aromatic rings. The zero-order valence-corrected chi connectivity index (χ0v) is 8.05. The van der Waals surface area contributed by atoms with Gasteiger partial charge >= 0.3 is 0 Å². The van der Waals surface area contributed by atoms with Gasteiger partial charge < -0.3 is 15.5 Å². The van der Waals surface area contributed by atoms with Gasteiger partial charge in [0.05, 0.1) is 6.10 Å². The molecule has 1 rings (SSSR count). The lowest BCUT2D eigenvalue weighted by Gasteiger charge is -2.08. The van der Waals surface area contributed by atoms with Gasteiger partial charge in [-0.25, -0.2) is 0 Å². The third kappa shape index (κ3) is 5.29. The summed E-state index contributed by atoms with van der Waals surface area (Å²) in [4.78, 5) is 8.36. The number of rotatable bonds is 3. The normalized spacial score (nSPS) is 11.0. The molecule has 0 aliphatic carbocycles. The van der Waals surface area contributed by atoms with Crippen LogP contribution in [0.25, 0.3) is 0 Å². The lowest BCUT2D eigenvalue weighted by Crippen LogP contribution is -2.16. The Morgan fingerprint density at radius 2 is 1.93 bits per heavy atom. The van der Waals surface area contributed by atoms with Crippen molar-refractivity contribution in [3.63, 3.8) is 0 Å². The second-order valence-electron chi connectivity index (χ2n) is 2.59. The zero-order valence-electron chi connectivity index (χ0n) is 8.05. The maximum Gasteiger partial charge on any atom is 0.290 e. The van der Waals surface area contributed by atoms with Gasteiger partial charge in [-0.2, -0.15) is 0 Å². The molecule has 0 saturated heterocycles. The molecule has 0 bridgehead atoms. The Kier molecular flexibility index (Phi) is 7.40. The molecule has 0 aliphatic rings. The molecule has 0 amide bonds. The van der Waals surface area contributed by atoms with Crippen molar-refractivity contribution in [2.75, 3.05) is 13.6 Å². The Morgan fingerprint density at radius 1 is 1.43 bits per heavy atom. The minimum atomic E-state index is -0.388. The topological polar surface area (TPSA) is 69.6 Å². The maximum absolute atomic E-state index is 9.46. The summed E-state index contributed by atoms with van der Waals surface area (Å²) in [5.41, 5.74) is 0.960. The average Bonchev–Trinajstić information content (AvgIpc) is 2.21. The molecule has 0 radical (unpaired) electrons. The molecule has 3 N–H and O–H groups in total. The number of aliphatic hydroxyl groups excluding tert-OH is 1. The van der Waals surface area contributed by atoms with E-state index in [-0.39, 0.29) is 12.6 Å². The van der Waals surface area contributed by atoms with E-state index < -0.39 is 0 Å². The number of carboxylic acid groups (broad SMARTS) is 1. The molecule has 0 aromatic heterocycles. The van der Waals surface area contributed by atoms with E-state index in [9.17, 15) is 5.11 Å². The number of likely N-dealkylation sites (N-methyl/N-ethyl adjacent to an activating group) is 1. The number of benzene rings is 1. The van der Waals surface area contributed by atoms with Crippen LogP contribution in [0.5, 0.6) is 0 Å². The summed E-state index contributed by atoms with van der Waals surface area (Å²) in [6.45, 7) is 0.351. The van der Waals surface area contributed by atoms with Crippen molar-refractivity contribution in [3.05, 3.63) is 35.9 Å². The van der Waals surface area contributed by atoms with Crippen molar-refractivity contribution >= 4 is 6.47 Å². The van der Waals surface area contributed by atoms with Crippen LogP contribution in [-0.2, 0) is 4.79 Å². The van der Waals surface area contributed by atoms with E-state index in [1.165, 1.54) is 0 Å². The van der Waals surface area contributed by atoms with Crippen molar-refractivity contribution in [1.82, 2.24) is 5.32 Å². The number of nitrogens with one attached hydrogen (secondary N) is 1. The predicted molar refractivity (Wildman–Crippen MR) is 54.0 cm³/mol. The zero-order chi connectivity index (χ0) is 10.8. The molecule has 0 aliphatic heterocycles. The van der Waals surface area contributed by atoms with Crippen molar-refractivity contribution in [2.24, 2.45) is 0 Å². The minimum absolute atomic E-state index is 0.250. The molecule has 1 aromatic carbocycles. The van der Waals surface area contributed by atoms with Gasteiger partial charge in [-0.1, -0.05) is 30.3 Å². The first-order valence-corrected chi connectivity index (χ1v) is 4.21. The highest BCUT2D eigenvalue weighted by Crippen LogP contribution is 2.09. The van der Waals surface area contributed by atoms with E-state index >= 15 is 0 Å². The van der Waals surface area contributed by atoms with Gasteiger partial charge in [0, 0.05) is 6.54 Å². The Labute approximate surface area is 83.2 Å². The van der Waals surface area contributed by atoms with Crippen LogP contribution in [0.1, 0.15) is 11.7 Å². The van der Waals surface area contributed by atoms with Crippen LogP contribution in [0.3, 0.4) is 0 Å². The standard InChI is InChI=1S/C9H13NO.CH2O2/c1-10-7-9(11)8-5-3-2-4-6-8;2-1-3/h2-6,9-11H,7H2,1H3;1H,(H,2,3)/t9-;/m0./s1. The molecule has 78 valence electrons. The number of hydrogen-bond donors (Lipinski definition) is 3. The summed E-state index contributed by atoms with van der Waals surface area (Å²) < 4.78 is 0. The van der Waals surface area contributed by atoms with Crippen LogP contribution in [-0.4, -0.2) is 30.3 Å². The lowest BCUT2D eigenvalue weighted by atomic mass is 10.1. The summed E-state index contributed by atoms with van der Waals surface area (Å²) in [6, 6.07) is 9.63. The van der Waals surface area contributed by atoms with Gasteiger partial charge in [-0.05, 0) is 12.6 Å². The van der Waals surface area contributed by atoms with Gasteiger partial charge in [0.25, 0.3) is 6.47 Å². The Hall–Kier alpha value is -1.39. The van der Waals surface area contributed by atoms with Gasteiger partial charge in [0.1, 0.15) is 0 Å². The van der Waals surface area contributed by atoms with Crippen LogP contribution in [0.15, 0.2) is 30.3 Å². The third-order valence-electron chi connectivity index (χ3n) is 1.58. The van der Waals surface area contributed by atoms with Crippen LogP contribution < -0.4 is 5.32 Å². The van der Waals surface area contributed by atoms with Gasteiger partial charge in [-0.15, -0.1) is 0 Å². The average molecular weight is 197 g/mol. The highest BCUT2D eigenvalue weighted by Gasteiger charge is 2.03. The highest BCUT2D eigenvalue weighted by molar-refractivity contribution is 5.32. The Morgan fingerprint density at radius 3 is 2.36 bits per heavy atom. The molecule has 4 heteroatoms. The maximum atomic E-state index is 9.46. The van der Waals surface area contributed by atoms with Crippen LogP contribution in [0.2, 0.25) is 0 Å². The summed E-state index contributed by atoms with van der Waals surface area (Å²) >= 11 is 0. The van der Waals surface area contributed by atoms with E-state index in [1.807, 2.05) is 37.4 Å². The molecule has 1 atom stereocenters. The van der Waals surface area contributed by atoms with Crippen LogP contribution in [0, 0.1) is 0 Å². The summed E-state index contributed by atoms with van der Waals surface area (Å²) in [5.74, 6) is 0. The third-order valence-corrected chi connectivity index (χ3v) is 1.58. The molecule has 0 spiro atoms. The second-order valence-corrected chi connectivity index (χ2v) is 2.59. The smallest absolute Gasteiger partial charge is 0.290 e. The van der Waals surface area contributed by atoms with Crippen molar-refractivity contribution < 1.29 is 15.0 Å². The van der Waals surface area contributed by atoms with Gasteiger partial charge in [-0.3, -0.25) is 4.79 Å². The molecule has 0 unspecified atom stereocenters. The van der Waals surface area contributed by atoms with E-state index in [2.05, 4.69) is 5.32 Å². The number of carbonyl (C=O) groups is 1. The quantitative estimate of drug-likeness (QED) is 0.622. The van der Waals surface area contributed by atoms with Crippen molar-refractivity contribution in [2.45, 2.75) is 6.10 Å². The molecule has 0 heterocycles. The van der Waals surface area contributed by atoms with Gasteiger partial charge in [0.15, 0.2) is 0 Å². The van der Waals surface area contributed by atoms with Crippen molar-refractivity contribution in [3.8, 4) is 0 Å². The predicted octanol–water partition coefficient (Wildman–Crippen LogP) is 0.640. The molecular formula is C10H15NO3. The van der Waals surface area contributed by atoms with E-state index in [0.29, 0.717) is 6.54 Å². The van der Waals surface area contributed by atoms with E-state index in [4.69, 9.17) is 9.90 Å². The van der Waals surface area contributed by atoms with E-state index in [0.717, 1.165) is 5.56 Å². The first kappa shape index (κ1) is 12.6. The minimum Gasteiger partial charge on any atom is -0.483 e. The number of hydrogen-bond acceptors (Lipinski definition) is 3. The second kappa shape index (κ2) is 8.22. The van der Waals surface area contributed by atoms with E-state index in [1.54, 1.807) is 0 Å². The largest absolute Gasteiger partial charge is 0.483 e. The molecule has 0 fully saturated rings. The molecule has 14 heavy (non-hydrogen) atoms. The first-order chi connectivity index (χ1) is 6.76. The first-order valence-electron chi connectivity index (χ1n) is 4.21. The molecule has 4 nitrogen and oxygen atoms in total. The fraction of sp³-hybridized carbons (Fsp3) is 0.300. The summed E-state index contributed by atoms with van der Waals surface area (Å²) in [7, 11) is 1.83. The van der Waals surface area contributed by atoms with Crippen LogP contribution in [0.4, 0.5) is 0 Å². The molecule has 0 saturated carbocycles. The highest BCUT2D eigenvalue weighted by atomic mass is 16.3. The number of aliphatic hydroxyl groups is 1.